The third kappa shape index (κ3) is 8.26. The molecule has 0 fully saturated rings. The molecular formula is C14H16F10O2. The van der Waals surface area contributed by atoms with Gasteiger partial charge >= 0.3 is 24.2 Å². The van der Waals surface area contributed by atoms with Crippen molar-refractivity contribution in [2.45, 2.75) is 69.4 Å². The van der Waals surface area contributed by atoms with Crippen LogP contribution in [0.1, 0.15) is 44.9 Å². The minimum Gasteiger partial charge on any atom is -0.478 e. The zero-order valence-corrected chi connectivity index (χ0v) is 13.2. The van der Waals surface area contributed by atoms with Crippen LogP contribution in [0.4, 0.5) is 43.9 Å². The standard InChI is InChI=1S/C14H16F10O2/c15-8(6-4-2-1-3-5-7-12(17,18)19)13(20,21)10(16)9(11(25)26)14(22,23)24/h8H,1-7H2,(H,25,26). The Morgan fingerprint density at radius 1 is 0.846 bits per heavy atom. The molecule has 0 bridgehead atoms. The number of carbonyl (C=O) groups is 1. The van der Waals surface area contributed by atoms with Crippen molar-refractivity contribution in [3.05, 3.63) is 11.4 Å². The van der Waals surface area contributed by atoms with E-state index in [4.69, 9.17) is 5.11 Å². The first-order valence-electron chi connectivity index (χ1n) is 7.40. The Morgan fingerprint density at radius 3 is 1.73 bits per heavy atom. The summed E-state index contributed by atoms with van der Waals surface area (Å²) in [7, 11) is 0. The van der Waals surface area contributed by atoms with E-state index in [9.17, 15) is 48.7 Å². The molecule has 1 N–H and O–H groups in total. The van der Waals surface area contributed by atoms with E-state index < -0.39 is 54.7 Å². The number of aliphatic carboxylic acids is 1. The Hall–Kier alpha value is -1.49. The topological polar surface area (TPSA) is 37.3 Å². The van der Waals surface area contributed by atoms with Crippen LogP contribution in [0.5, 0.6) is 0 Å². The fourth-order valence-electron chi connectivity index (χ4n) is 2.00. The number of unbranched alkanes of at least 4 members (excludes halogenated alkanes) is 4. The SMILES string of the molecule is O=C(O)C(=C(F)C(F)(F)C(F)CCCCCCCC(F)(F)F)C(F)(F)F. The first-order valence-corrected chi connectivity index (χ1v) is 7.40. The number of rotatable bonds is 10. The van der Waals surface area contributed by atoms with Crippen LogP contribution in [0, 0.1) is 0 Å². The summed E-state index contributed by atoms with van der Waals surface area (Å²) in [6.07, 6.45) is -16.2. The molecule has 0 amide bonds. The second kappa shape index (κ2) is 9.45. The molecule has 26 heavy (non-hydrogen) atoms. The average Bonchev–Trinajstić information content (AvgIpc) is 2.42. The van der Waals surface area contributed by atoms with Crippen LogP contribution in [-0.4, -0.2) is 35.5 Å². The fourth-order valence-corrected chi connectivity index (χ4v) is 2.00. The molecule has 12 heteroatoms. The number of hydrogen-bond donors (Lipinski definition) is 1. The molecule has 2 nitrogen and oxygen atoms in total. The van der Waals surface area contributed by atoms with Gasteiger partial charge in [0.1, 0.15) is 0 Å². The van der Waals surface area contributed by atoms with Gasteiger partial charge in [0.25, 0.3) is 0 Å². The van der Waals surface area contributed by atoms with Crippen LogP contribution in [0.25, 0.3) is 0 Å². The van der Waals surface area contributed by atoms with E-state index in [0.717, 1.165) is 0 Å². The smallest absolute Gasteiger partial charge is 0.426 e. The third-order valence-electron chi connectivity index (χ3n) is 3.32. The highest BCUT2D eigenvalue weighted by Gasteiger charge is 2.53. The summed E-state index contributed by atoms with van der Waals surface area (Å²) in [5.41, 5.74) is -3.18. The van der Waals surface area contributed by atoms with Gasteiger partial charge in [0, 0.05) is 6.42 Å². The number of allylic oxidation sites excluding steroid dienone is 1. The van der Waals surface area contributed by atoms with Gasteiger partial charge in [-0.05, 0) is 12.8 Å². The summed E-state index contributed by atoms with van der Waals surface area (Å²) >= 11 is 0. The summed E-state index contributed by atoms with van der Waals surface area (Å²) in [4.78, 5) is 10.3. The minimum absolute atomic E-state index is 0.00471. The summed E-state index contributed by atoms with van der Waals surface area (Å²) in [5, 5.41) is 8.22. The second-order valence-electron chi connectivity index (χ2n) is 5.50. The molecule has 0 saturated heterocycles. The number of carboxylic acid groups (broad SMARTS) is 1. The lowest BCUT2D eigenvalue weighted by molar-refractivity contribution is -0.148. The number of halogens is 10. The highest BCUT2D eigenvalue weighted by atomic mass is 19.4. The molecule has 0 aliphatic rings. The lowest BCUT2D eigenvalue weighted by atomic mass is 10.0. The summed E-state index contributed by atoms with van der Waals surface area (Å²) in [5.74, 6) is -11.7. The number of alkyl halides is 9. The summed E-state index contributed by atoms with van der Waals surface area (Å²) in [6, 6.07) is 0. The predicted molar refractivity (Wildman–Crippen MR) is 70.0 cm³/mol. The van der Waals surface area contributed by atoms with Crippen molar-refractivity contribution in [1.82, 2.24) is 0 Å². The molecule has 0 heterocycles. The first kappa shape index (κ1) is 24.5. The van der Waals surface area contributed by atoms with Crippen LogP contribution in [0.2, 0.25) is 0 Å². The van der Waals surface area contributed by atoms with E-state index in [-0.39, 0.29) is 32.1 Å². The van der Waals surface area contributed by atoms with Gasteiger partial charge in [0.2, 0.25) is 0 Å². The first-order chi connectivity index (χ1) is 11.6. The molecule has 0 aromatic heterocycles. The molecule has 1 atom stereocenters. The molecule has 0 aromatic rings. The van der Waals surface area contributed by atoms with Crippen LogP contribution in [0.15, 0.2) is 11.4 Å². The van der Waals surface area contributed by atoms with Gasteiger partial charge < -0.3 is 5.11 Å². The molecular weight excluding hydrogens is 390 g/mol. The Morgan fingerprint density at radius 2 is 1.31 bits per heavy atom. The maximum Gasteiger partial charge on any atom is 0.426 e. The van der Waals surface area contributed by atoms with Crippen LogP contribution < -0.4 is 0 Å². The molecule has 0 aliphatic heterocycles. The lowest BCUT2D eigenvalue weighted by Gasteiger charge is -2.21. The van der Waals surface area contributed by atoms with Crippen LogP contribution >= 0.6 is 0 Å². The molecule has 0 aromatic carbocycles. The normalized spacial score (nSPS) is 15.6. The zero-order chi connectivity index (χ0) is 20.8. The summed E-state index contributed by atoms with van der Waals surface area (Å²) < 4.78 is 126. The van der Waals surface area contributed by atoms with E-state index in [1.54, 1.807) is 0 Å². The van der Waals surface area contributed by atoms with Gasteiger partial charge in [-0.3, -0.25) is 0 Å². The lowest BCUT2D eigenvalue weighted by Crippen LogP contribution is -2.35. The van der Waals surface area contributed by atoms with Crippen LogP contribution in [0.3, 0.4) is 0 Å². The van der Waals surface area contributed by atoms with Crippen molar-refractivity contribution in [2.24, 2.45) is 0 Å². The van der Waals surface area contributed by atoms with Crippen molar-refractivity contribution in [3.8, 4) is 0 Å². The Balaban J connectivity index is 4.64. The van der Waals surface area contributed by atoms with Crippen molar-refractivity contribution in [1.29, 1.82) is 0 Å². The fraction of sp³-hybridized carbons (Fsp3) is 0.786. The molecule has 1 unspecified atom stereocenters. The maximum atomic E-state index is 13.4. The number of carboxylic acids is 1. The van der Waals surface area contributed by atoms with Crippen molar-refractivity contribution in [3.63, 3.8) is 0 Å². The molecule has 0 rings (SSSR count). The molecule has 0 spiro atoms. The zero-order valence-electron chi connectivity index (χ0n) is 13.2. The van der Waals surface area contributed by atoms with Crippen molar-refractivity contribution in [2.75, 3.05) is 0 Å². The van der Waals surface area contributed by atoms with Gasteiger partial charge in [-0.25, -0.2) is 13.6 Å². The molecule has 0 radical (unpaired) electrons. The van der Waals surface area contributed by atoms with Gasteiger partial charge in [0.05, 0.1) is 0 Å². The van der Waals surface area contributed by atoms with E-state index in [1.165, 1.54) is 0 Å². The van der Waals surface area contributed by atoms with Crippen molar-refractivity contribution >= 4 is 5.97 Å². The largest absolute Gasteiger partial charge is 0.478 e. The quantitative estimate of drug-likeness (QED) is 0.270. The van der Waals surface area contributed by atoms with E-state index in [2.05, 4.69) is 0 Å². The highest BCUT2D eigenvalue weighted by Crippen LogP contribution is 2.40. The van der Waals surface area contributed by atoms with Gasteiger partial charge in [-0.2, -0.15) is 35.1 Å². The third-order valence-corrected chi connectivity index (χ3v) is 3.32. The molecule has 0 saturated carbocycles. The highest BCUT2D eigenvalue weighted by molar-refractivity contribution is 5.89. The molecule has 154 valence electrons. The number of hydrogen-bond acceptors (Lipinski definition) is 1. The Bertz CT molecular complexity index is 493. The van der Waals surface area contributed by atoms with Crippen LogP contribution in [-0.2, 0) is 4.79 Å². The summed E-state index contributed by atoms with van der Waals surface area (Å²) in [6.45, 7) is 0. The van der Waals surface area contributed by atoms with Gasteiger partial charge in [-0.1, -0.05) is 25.7 Å². The van der Waals surface area contributed by atoms with Gasteiger partial charge in [-0.15, -0.1) is 0 Å². The second-order valence-corrected chi connectivity index (χ2v) is 5.50. The van der Waals surface area contributed by atoms with E-state index in [0.29, 0.717) is 0 Å². The van der Waals surface area contributed by atoms with E-state index in [1.807, 2.05) is 0 Å². The Kier molecular flexibility index (Phi) is 8.91. The van der Waals surface area contributed by atoms with E-state index >= 15 is 0 Å². The van der Waals surface area contributed by atoms with Gasteiger partial charge in [0.15, 0.2) is 17.6 Å². The minimum atomic E-state index is -5.95. The average molecular weight is 406 g/mol. The van der Waals surface area contributed by atoms with Crippen molar-refractivity contribution < 1.29 is 53.8 Å². The molecule has 0 aliphatic carbocycles. The predicted octanol–water partition coefficient (Wildman–Crippen LogP) is 6.12. The monoisotopic (exact) mass is 406 g/mol. The maximum absolute atomic E-state index is 13.4. The Labute approximate surface area is 141 Å².